The van der Waals surface area contributed by atoms with Crippen LogP contribution in [0.15, 0.2) is 23.1 Å². The first-order valence-corrected chi connectivity index (χ1v) is 3.54. The van der Waals surface area contributed by atoms with Gasteiger partial charge in [-0.3, -0.25) is 9.59 Å². The Bertz CT molecular complexity index is 354. The number of hydrogen-bond acceptors (Lipinski definition) is 2. The van der Waals surface area contributed by atoms with Gasteiger partial charge in [0.1, 0.15) is 5.69 Å². The molecule has 0 aromatic carbocycles. The monoisotopic (exact) mass is 166 g/mol. The molecule has 0 saturated heterocycles. The van der Waals surface area contributed by atoms with Crippen molar-refractivity contribution >= 4 is 11.6 Å². The first-order valence-electron chi connectivity index (χ1n) is 3.54. The third-order valence-corrected chi connectivity index (χ3v) is 1.43. The van der Waals surface area contributed by atoms with Crippen LogP contribution in [0.25, 0.3) is 0 Å². The van der Waals surface area contributed by atoms with Crippen molar-refractivity contribution in [2.45, 2.75) is 6.92 Å². The first kappa shape index (κ1) is 8.52. The third kappa shape index (κ3) is 1.72. The van der Waals surface area contributed by atoms with Gasteiger partial charge in [0.2, 0.25) is 5.91 Å². The van der Waals surface area contributed by atoms with Crippen LogP contribution in [0.4, 0.5) is 5.69 Å². The fourth-order valence-corrected chi connectivity index (χ4v) is 0.882. The zero-order chi connectivity index (χ0) is 9.14. The lowest BCUT2D eigenvalue weighted by molar-refractivity contribution is -0.114. The van der Waals surface area contributed by atoms with Crippen molar-refractivity contribution in [1.29, 1.82) is 0 Å². The minimum atomic E-state index is -0.238. The summed E-state index contributed by atoms with van der Waals surface area (Å²) in [6.07, 6.45) is 1.63. The van der Waals surface area contributed by atoms with E-state index in [9.17, 15) is 9.59 Å². The Labute approximate surface area is 69.8 Å². The van der Waals surface area contributed by atoms with Gasteiger partial charge >= 0.3 is 0 Å². The molecule has 1 aromatic rings. The van der Waals surface area contributed by atoms with E-state index >= 15 is 0 Å². The van der Waals surface area contributed by atoms with Crippen molar-refractivity contribution in [2.75, 3.05) is 5.32 Å². The summed E-state index contributed by atoms with van der Waals surface area (Å²) in [5.41, 5.74) is 0.111. The number of carbonyl (C=O) groups is 1. The molecule has 1 N–H and O–H groups in total. The summed E-state index contributed by atoms with van der Waals surface area (Å²) in [7, 11) is 1.63. The Kier molecular flexibility index (Phi) is 2.28. The van der Waals surface area contributed by atoms with Gasteiger partial charge in [-0.2, -0.15) is 0 Å². The maximum atomic E-state index is 11.3. The van der Waals surface area contributed by atoms with Crippen LogP contribution < -0.4 is 10.9 Å². The summed E-state index contributed by atoms with van der Waals surface area (Å²) in [5, 5.41) is 2.44. The predicted molar refractivity (Wildman–Crippen MR) is 46.0 cm³/mol. The number of pyridine rings is 1. The molecule has 12 heavy (non-hydrogen) atoms. The van der Waals surface area contributed by atoms with Crippen molar-refractivity contribution < 1.29 is 4.79 Å². The third-order valence-electron chi connectivity index (χ3n) is 1.43. The van der Waals surface area contributed by atoms with Crippen LogP contribution in [-0.2, 0) is 11.8 Å². The van der Waals surface area contributed by atoms with Gasteiger partial charge in [-0.1, -0.05) is 0 Å². The van der Waals surface area contributed by atoms with Crippen molar-refractivity contribution in [3.8, 4) is 0 Å². The second-order valence-corrected chi connectivity index (χ2v) is 2.52. The lowest BCUT2D eigenvalue weighted by Gasteiger charge is -2.02. The van der Waals surface area contributed by atoms with Crippen LogP contribution in [-0.4, -0.2) is 10.5 Å². The molecule has 1 amide bonds. The SMILES string of the molecule is CC(=O)Nc1cccn(C)c1=O. The number of nitrogens with one attached hydrogen (secondary N) is 1. The number of anilines is 1. The van der Waals surface area contributed by atoms with Crippen molar-refractivity contribution in [2.24, 2.45) is 7.05 Å². The molecule has 4 heteroatoms. The van der Waals surface area contributed by atoms with Crippen molar-refractivity contribution in [3.05, 3.63) is 28.7 Å². The molecule has 1 heterocycles. The largest absolute Gasteiger partial charge is 0.322 e. The first-order chi connectivity index (χ1) is 5.61. The van der Waals surface area contributed by atoms with E-state index < -0.39 is 0 Å². The van der Waals surface area contributed by atoms with E-state index in [0.29, 0.717) is 5.69 Å². The highest BCUT2D eigenvalue weighted by Crippen LogP contribution is 1.96. The molecular formula is C8H10N2O2. The quantitative estimate of drug-likeness (QED) is 0.654. The Balaban J connectivity index is 3.09. The zero-order valence-corrected chi connectivity index (χ0v) is 7.00. The second kappa shape index (κ2) is 3.21. The van der Waals surface area contributed by atoms with Crippen LogP contribution >= 0.6 is 0 Å². The average Bonchev–Trinajstić information content (AvgIpc) is 1.98. The topological polar surface area (TPSA) is 51.1 Å². The van der Waals surface area contributed by atoms with E-state index in [0.717, 1.165) is 0 Å². The highest BCUT2D eigenvalue weighted by molar-refractivity contribution is 5.88. The summed E-state index contributed by atoms with van der Waals surface area (Å²) in [5.74, 6) is -0.238. The summed E-state index contributed by atoms with van der Waals surface area (Å²) in [6, 6.07) is 3.27. The van der Waals surface area contributed by atoms with E-state index in [4.69, 9.17) is 0 Å². The van der Waals surface area contributed by atoms with Crippen LogP contribution in [0.5, 0.6) is 0 Å². The average molecular weight is 166 g/mol. The van der Waals surface area contributed by atoms with Gasteiger partial charge in [-0.25, -0.2) is 0 Å². The van der Waals surface area contributed by atoms with E-state index in [1.807, 2.05) is 0 Å². The lowest BCUT2D eigenvalue weighted by atomic mass is 10.4. The highest BCUT2D eigenvalue weighted by atomic mass is 16.2. The predicted octanol–water partition coefficient (Wildman–Crippen LogP) is 0.344. The number of carbonyl (C=O) groups excluding carboxylic acids is 1. The molecule has 0 bridgehead atoms. The molecule has 64 valence electrons. The lowest BCUT2D eigenvalue weighted by Crippen LogP contribution is -2.21. The molecule has 1 aromatic heterocycles. The maximum absolute atomic E-state index is 11.3. The molecule has 0 radical (unpaired) electrons. The Morgan fingerprint density at radius 2 is 2.25 bits per heavy atom. The molecule has 1 rings (SSSR count). The molecule has 0 unspecified atom stereocenters. The second-order valence-electron chi connectivity index (χ2n) is 2.52. The van der Waals surface area contributed by atoms with E-state index in [1.165, 1.54) is 11.5 Å². The van der Waals surface area contributed by atoms with Gasteiger partial charge in [0.05, 0.1) is 0 Å². The van der Waals surface area contributed by atoms with Crippen molar-refractivity contribution in [3.63, 3.8) is 0 Å². The fraction of sp³-hybridized carbons (Fsp3) is 0.250. The normalized spacial score (nSPS) is 9.50. The minimum absolute atomic E-state index is 0.201. The van der Waals surface area contributed by atoms with E-state index in [-0.39, 0.29) is 11.5 Å². The molecule has 0 aliphatic rings. The van der Waals surface area contributed by atoms with Crippen molar-refractivity contribution in [1.82, 2.24) is 4.57 Å². The maximum Gasteiger partial charge on any atom is 0.274 e. The van der Waals surface area contributed by atoms with E-state index in [2.05, 4.69) is 5.32 Å². The van der Waals surface area contributed by atoms with Crippen LogP contribution in [0.3, 0.4) is 0 Å². The molecule has 4 nitrogen and oxygen atoms in total. The zero-order valence-electron chi connectivity index (χ0n) is 7.00. The van der Waals surface area contributed by atoms with Crippen LogP contribution in [0.1, 0.15) is 6.92 Å². The molecular weight excluding hydrogens is 156 g/mol. The summed E-state index contributed by atoms with van der Waals surface area (Å²) in [4.78, 5) is 21.9. The highest BCUT2D eigenvalue weighted by Gasteiger charge is 2.00. The standard InChI is InChI=1S/C8H10N2O2/c1-6(11)9-7-4-3-5-10(2)8(7)12/h3-5H,1-2H3,(H,9,11). The smallest absolute Gasteiger partial charge is 0.274 e. The van der Waals surface area contributed by atoms with Crippen LogP contribution in [0, 0.1) is 0 Å². The number of nitrogens with zero attached hydrogens (tertiary/aromatic N) is 1. The Hall–Kier alpha value is -1.58. The summed E-state index contributed by atoms with van der Waals surface area (Å²) < 4.78 is 1.41. The molecule has 0 saturated carbocycles. The van der Waals surface area contributed by atoms with E-state index in [1.54, 1.807) is 25.4 Å². The minimum Gasteiger partial charge on any atom is -0.322 e. The number of aromatic nitrogens is 1. The molecule has 0 fully saturated rings. The van der Waals surface area contributed by atoms with Crippen LogP contribution in [0.2, 0.25) is 0 Å². The summed E-state index contributed by atoms with van der Waals surface area (Å²) >= 11 is 0. The molecule has 0 spiro atoms. The van der Waals surface area contributed by atoms with Gasteiger partial charge in [0.15, 0.2) is 0 Å². The van der Waals surface area contributed by atoms with Gasteiger partial charge in [-0.05, 0) is 12.1 Å². The number of hydrogen-bond donors (Lipinski definition) is 1. The summed E-state index contributed by atoms with van der Waals surface area (Å²) in [6.45, 7) is 1.37. The Morgan fingerprint density at radius 3 is 2.83 bits per heavy atom. The van der Waals surface area contributed by atoms with Gasteiger partial charge < -0.3 is 9.88 Å². The fourth-order valence-electron chi connectivity index (χ4n) is 0.882. The number of amides is 1. The molecule has 0 atom stereocenters. The van der Waals surface area contributed by atoms with Gasteiger partial charge in [-0.15, -0.1) is 0 Å². The molecule has 0 aliphatic carbocycles. The number of rotatable bonds is 1. The van der Waals surface area contributed by atoms with Gasteiger partial charge in [0.25, 0.3) is 5.56 Å². The number of aryl methyl sites for hydroxylation is 1. The van der Waals surface area contributed by atoms with Gasteiger partial charge in [0, 0.05) is 20.2 Å². The Morgan fingerprint density at radius 1 is 1.58 bits per heavy atom. The molecule has 0 aliphatic heterocycles.